The molecule has 0 fully saturated rings. The van der Waals surface area contributed by atoms with E-state index in [1.165, 1.54) is 13.2 Å². The highest BCUT2D eigenvalue weighted by atomic mass is 16.5. The fourth-order valence-electron chi connectivity index (χ4n) is 1.34. The Morgan fingerprint density at radius 2 is 2.13 bits per heavy atom. The van der Waals surface area contributed by atoms with Crippen LogP contribution in [0.25, 0.3) is 0 Å². The van der Waals surface area contributed by atoms with Gasteiger partial charge in [-0.15, -0.1) is 0 Å². The third-order valence-corrected chi connectivity index (χ3v) is 2.00. The van der Waals surface area contributed by atoms with Gasteiger partial charge in [-0.25, -0.2) is 4.79 Å². The lowest BCUT2D eigenvalue weighted by molar-refractivity contribution is 0.0598. The van der Waals surface area contributed by atoms with Crippen molar-refractivity contribution < 1.29 is 9.53 Å². The molecule has 4 nitrogen and oxygen atoms in total. The number of esters is 1. The number of aromatic amines is 1. The number of carbonyl (C=O) groups excluding carboxylic acids is 1. The second-order valence-electron chi connectivity index (χ2n) is 3.82. The molecule has 1 heterocycles. The summed E-state index contributed by atoms with van der Waals surface area (Å²) in [4.78, 5) is 25.3. The molecule has 1 rings (SSSR count). The molecule has 0 aliphatic heterocycles. The van der Waals surface area contributed by atoms with Gasteiger partial charge in [-0.3, -0.25) is 4.79 Å². The van der Waals surface area contributed by atoms with Crippen LogP contribution in [-0.2, 0) is 11.2 Å². The monoisotopic (exact) mass is 209 g/mol. The molecule has 0 spiro atoms. The molecule has 0 amide bonds. The molecule has 0 radical (unpaired) electrons. The SMILES string of the molecule is COC(=O)c1ccc(CC(C)C)[nH]c1=O. The third kappa shape index (κ3) is 2.94. The minimum Gasteiger partial charge on any atom is -0.465 e. The third-order valence-electron chi connectivity index (χ3n) is 2.00. The summed E-state index contributed by atoms with van der Waals surface area (Å²) in [5, 5.41) is 0. The fraction of sp³-hybridized carbons (Fsp3) is 0.455. The Balaban J connectivity index is 2.98. The molecule has 1 aromatic rings. The number of hydrogen-bond acceptors (Lipinski definition) is 3. The Hall–Kier alpha value is -1.58. The number of carbonyl (C=O) groups is 1. The summed E-state index contributed by atoms with van der Waals surface area (Å²) in [7, 11) is 1.25. The van der Waals surface area contributed by atoms with Crippen LogP contribution in [0.5, 0.6) is 0 Å². The maximum Gasteiger partial charge on any atom is 0.343 e. The second-order valence-corrected chi connectivity index (χ2v) is 3.82. The number of rotatable bonds is 3. The fourth-order valence-corrected chi connectivity index (χ4v) is 1.34. The Bertz CT molecular complexity index is 407. The van der Waals surface area contributed by atoms with Gasteiger partial charge in [0.2, 0.25) is 0 Å². The number of pyridine rings is 1. The predicted octanol–water partition coefficient (Wildman–Crippen LogP) is 1.36. The number of ether oxygens (including phenoxy) is 1. The van der Waals surface area contributed by atoms with E-state index in [1.54, 1.807) is 6.07 Å². The van der Waals surface area contributed by atoms with Gasteiger partial charge in [0.25, 0.3) is 5.56 Å². The van der Waals surface area contributed by atoms with Gasteiger partial charge < -0.3 is 9.72 Å². The number of H-pyrrole nitrogens is 1. The summed E-state index contributed by atoms with van der Waals surface area (Å²) in [6.07, 6.45) is 0.788. The van der Waals surface area contributed by atoms with E-state index in [9.17, 15) is 9.59 Å². The maximum absolute atomic E-state index is 11.5. The molecule has 15 heavy (non-hydrogen) atoms. The standard InChI is InChI=1S/C11H15NO3/c1-7(2)6-8-4-5-9(10(13)12-8)11(14)15-3/h4-5,7H,6H2,1-3H3,(H,12,13). The number of hydrogen-bond donors (Lipinski definition) is 1. The Morgan fingerprint density at radius 3 is 2.60 bits per heavy atom. The minimum absolute atomic E-state index is 0.0463. The predicted molar refractivity (Wildman–Crippen MR) is 56.9 cm³/mol. The van der Waals surface area contributed by atoms with Crippen molar-refractivity contribution in [3.8, 4) is 0 Å². The highest BCUT2D eigenvalue weighted by Gasteiger charge is 2.10. The van der Waals surface area contributed by atoms with Crippen molar-refractivity contribution in [2.75, 3.05) is 7.11 Å². The molecule has 0 aliphatic carbocycles. The van der Waals surface area contributed by atoms with E-state index in [4.69, 9.17) is 0 Å². The zero-order valence-corrected chi connectivity index (χ0v) is 9.16. The Labute approximate surface area is 88.3 Å². The van der Waals surface area contributed by atoms with Crippen LogP contribution in [0.2, 0.25) is 0 Å². The second kappa shape index (κ2) is 4.77. The molecule has 0 bridgehead atoms. The van der Waals surface area contributed by atoms with Gasteiger partial charge in [0.15, 0.2) is 0 Å². The average Bonchev–Trinajstić information content (AvgIpc) is 2.16. The van der Waals surface area contributed by atoms with Gasteiger partial charge in [0.1, 0.15) is 5.56 Å². The molecule has 0 saturated carbocycles. The molecular weight excluding hydrogens is 194 g/mol. The summed E-state index contributed by atoms with van der Waals surface area (Å²) in [6, 6.07) is 3.25. The molecule has 82 valence electrons. The number of methoxy groups -OCH3 is 1. The van der Waals surface area contributed by atoms with E-state index in [0.29, 0.717) is 5.92 Å². The summed E-state index contributed by atoms with van der Waals surface area (Å²) >= 11 is 0. The van der Waals surface area contributed by atoms with E-state index in [0.717, 1.165) is 12.1 Å². The summed E-state index contributed by atoms with van der Waals surface area (Å²) in [6.45, 7) is 4.12. The van der Waals surface area contributed by atoms with E-state index in [2.05, 4.69) is 23.6 Å². The number of nitrogens with one attached hydrogen (secondary N) is 1. The van der Waals surface area contributed by atoms with E-state index < -0.39 is 5.97 Å². The molecule has 0 unspecified atom stereocenters. The first-order chi connectivity index (χ1) is 7.04. The van der Waals surface area contributed by atoms with Crippen molar-refractivity contribution in [1.29, 1.82) is 0 Å². The molecule has 1 N–H and O–H groups in total. The first kappa shape index (κ1) is 11.5. The smallest absolute Gasteiger partial charge is 0.343 e. The first-order valence-corrected chi connectivity index (χ1v) is 4.85. The lowest BCUT2D eigenvalue weighted by Gasteiger charge is -2.05. The van der Waals surface area contributed by atoms with Crippen molar-refractivity contribution in [3.63, 3.8) is 0 Å². The molecule has 0 aromatic carbocycles. The van der Waals surface area contributed by atoms with E-state index >= 15 is 0 Å². The zero-order valence-electron chi connectivity index (χ0n) is 9.16. The van der Waals surface area contributed by atoms with Crippen LogP contribution in [0, 0.1) is 5.92 Å². The first-order valence-electron chi connectivity index (χ1n) is 4.85. The van der Waals surface area contributed by atoms with Crippen LogP contribution >= 0.6 is 0 Å². The van der Waals surface area contributed by atoms with E-state index in [1.807, 2.05) is 0 Å². The molecule has 1 aromatic heterocycles. The van der Waals surface area contributed by atoms with Crippen LogP contribution in [0.4, 0.5) is 0 Å². The Morgan fingerprint density at radius 1 is 1.47 bits per heavy atom. The average molecular weight is 209 g/mol. The topological polar surface area (TPSA) is 59.2 Å². The van der Waals surface area contributed by atoms with Gasteiger partial charge in [0, 0.05) is 5.69 Å². The van der Waals surface area contributed by atoms with Gasteiger partial charge >= 0.3 is 5.97 Å². The van der Waals surface area contributed by atoms with Crippen molar-refractivity contribution >= 4 is 5.97 Å². The summed E-state index contributed by atoms with van der Waals surface area (Å²) < 4.78 is 4.48. The van der Waals surface area contributed by atoms with Crippen LogP contribution in [0.15, 0.2) is 16.9 Å². The lowest BCUT2D eigenvalue weighted by atomic mass is 10.1. The Kier molecular flexibility index (Phi) is 3.66. The molecular formula is C11H15NO3. The van der Waals surface area contributed by atoms with Gasteiger partial charge in [-0.1, -0.05) is 13.8 Å². The van der Waals surface area contributed by atoms with Gasteiger partial charge in [0.05, 0.1) is 7.11 Å². The molecule has 0 atom stereocenters. The quantitative estimate of drug-likeness (QED) is 0.764. The van der Waals surface area contributed by atoms with E-state index in [-0.39, 0.29) is 11.1 Å². The highest BCUT2D eigenvalue weighted by Crippen LogP contribution is 2.04. The lowest BCUT2D eigenvalue weighted by Crippen LogP contribution is -2.20. The van der Waals surface area contributed by atoms with Crippen molar-refractivity contribution in [2.45, 2.75) is 20.3 Å². The highest BCUT2D eigenvalue weighted by molar-refractivity contribution is 5.88. The summed E-state index contributed by atoms with van der Waals surface area (Å²) in [5.74, 6) is -0.142. The largest absolute Gasteiger partial charge is 0.465 e. The van der Waals surface area contributed by atoms with Crippen LogP contribution in [-0.4, -0.2) is 18.1 Å². The van der Waals surface area contributed by atoms with Crippen molar-refractivity contribution in [3.05, 3.63) is 33.7 Å². The van der Waals surface area contributed by atoms with Crippen LogP contribution < -0.4 is 5.56 Å². The number of aromatic nitrogens is 1. The molecule has 0 saturated heterocycles. The zero-order chi connectivity index (χ0) is 11.4. The molecule has 4 heteroatoms. The van der Waals surface area contributed by atoms with Crippen molar-refractivity contribution in [2.24, 2.45) is 5.92 Å². The normalized spacial score (nSPS) is 10.4. The van der Waals surface area contributed by atoms with Crippen molar-refractivity contribution in [1.82, 2.24) is 4.98 Å². The van der Waals surface area contributed by atoms with Crippen LogP contribution in [0.1, 0.15) is 29.9 Å². The van der Waals surface area contributed by atoms with Gasteiger partial charge in [-0.05, 0) is 24.5 Å². The summed E-state index contributed by atoms with van der Waals surface area (Å²) in [5.41, 5.74) is 0.493. The van der Waals surface area contributed by atoms with Gasteiger partial charge in [-0.2, -0.15) is 0 Å². The molecule has 0 aliphatic rings. The maximum atomic E-state index is 11.5. The van der Waals surface area contributed by atoms with Crippen LogP contribution in [0.3, 0.4) is 0 Å². The minimum atomic E-state index is -0.604.